The SMILES string of the molecule is COCCCNC(=O)C1CCC(C)NC1. The number of carbonyl (C=O) groups excluding carboxylic acids is 1. The Morgan fingerprint density at radius 2 is 2.33 bits per heavy atom. The lowest BCUT2D eigenvalue weighted by Gasteiger charge is -2.26. The van der Waals surface area contributed by atoms with Crippen molar-refractivity contribution >= 4 is 5.91 Å². The van der Waals surface area contributed by atoms with E-state index in [0.29, 0.717) is 12.6 Å². The van der Waals surface area contributed by atoms with E-state index in [1.807, 2.05) is 0 Å². The summed E-state index contributed by atoms with van der Waals surface area (Å²) >= 11 is 0. The first-order valence-electron chi connectivity index (χ1n) is 5.74. The van der Waals surface area contributed by atoms with Crippen molar-refractivity contribution in [1.82, 2.24) is 10.6 Å². The molecule has 88 valence electrons. The molecule has 1 rings (SSSR count). The number of ether oxygens (including phenoxy) is 1. The van der Waals surface area contributed by atoms with Crippen LogP contribution in [-0.4, -0.2) is 38.8 Å². The van der Waals surface area contributed by atoms with Crippen molar-refractivity contribution in [2.75, 3.05) is 26.8 Å². The predicted octanol–water partition coefficient (Wildman–Crippen LogP) is 0.527. The number of hydrogen-bond donors (Lipinski definition) is 2. The van der Waals surface area contributed by atoms with Crippen LogP contribution < -0.4 is 10.6 Å². The van der Waals surface area contributed by atoms with Crippen LogP contribution in [0, 0.1) is 5.92 Å². The predicted molar refractivity (Wildman–Crippen MR) is 59.7 cm³/mol. The lowest BCUT2D eigenvalue weighted by molar-refractivity contribution is -0.125. The third kappa shape index (κ3) is 4.62. The summed E-state index contributed by atoms with van der Waals surface area (Å²) in [7, 11) is 1.67. The molecule has 2 atom stereocenters. The largest absolute Gasteiger partial charge is 0.385 e. The molecule has 0 bridgehead atoms. The number of amides is 1. The van der Waals surface area contributed by atoms with Crippen LogP contribution in [0.1, 0.15) is 26.2 Å². The van der Waals surface area contributed by atoms with Crippen molar-refractivity contribution in [1.29, 1.82) is 0 Å². The molecule has 0 spiro atoms. The summed E-state index contributed by atoms with van der Waals surface area (Å²) in [6.45, 7) is 4.41. The van der Waals surface area contributed by atoms with E-state index in [2.05, 4.69) is 17.6 Å². The van der Waals surface area contributed by atoms with Gasteiger partial charge in [0.05, 0.1) is 5.92 Å². The van der Waals surface area contributed by atoms with Crippen molar-refractivity contribution in [3.8, 4) is 0 Å². The van der Waals surface area contributed by atoms with Crippen molar-refractivity contribution in [3.05, 3.63) is 0 Å². The molecular formula is C11H22N2O2. The Labute approximate surface area is 91.8 Å². The van der Waals surface area contributed by atoms with E-state index in [-0.39, 0.29) is 11.8 Å². The van der Waals surface area contributed by atoms with Gasteiger partial charge in [-0.05, 0) is 26.2 Å². The summed E-state index contributed by atoms with van der Waals surface area (Å²) < 4.78 is 4.92. The molecule has 4 nitrogen and oxygen atoms in total. The maximum atomic E-state index is 11.7. The zero-order valence-electron chi connectivity index (χ0n) is 9.71. The van der Waals surface area contributed by atoms with Crippen LogP contribution in [0.25, 0.3) is 0 Å². The van der Waals surface area contributed by atoms with Crippen molar-refractivity contribution in [3.63, 3.8) is 0 Å². The number of piperidine rings is 1. The quantitative estimate of drug-likeness (QED) is 0.656. The third-order valence-electron chi connectivity index (χ3n) is 2.86. The van der Waals surface area contributed by atoms with Crippen molar-refractivity contribution in [2.24, 2.45) is 5.92 Å². The number of rotatable bonds is 5. The van der Waals surface area contributed by atoms with Gasteiger partial charge in [-0.25, -0.2) is 0 Å². The van der Waals surface area contributed by atoms with Gasteiger partial charge < -0.3 is 15.4 Å². The zero-order chi connectivity index (χ0) is 11.1. The van der Waals surface area contributed by atoms with Gasteiger partial charge in [-0.1, -0.05) is 0 Å². The highest BCUT2D eigenvalue weighted by Crippen LogP contribution is 2.13. The van der Waals surface area contributed by atoms with Crippen LogP contribution in [-0.2, 0) is 9.53 Å². The average Bonchev–Trinajstić information content (AvgIpc) is 2.25. The maximum absolute atomic E-state index is 11.7. The van der Waals surface area contributed by atoms with E-state index < -0.39 is 0 Å². The fourth-order valence-electron chi connectivity index (χ4n) is 1.79. The molecule has 1 aliphatic heterocycles. The normalized spacial score (nSPS) is 26.3. The molecule has 1 heterocycles. The monoisotopic (exact) mass is 214 g/mol. The second kappa shape index (κ2) is 6.80. The van der Waals surface area contributed by atoms with E-state index in [1.54, 1.807) is 7.11 Å². The van der Waals surface area contributed by atoms with Crippen molar-refractivity contribution < 1.29 is 9.53 Å². The highest BCUT2D eigenvalue weighted by Gasteiger charge is 2.23. The Morgan fingerprint density at radius 3 is 2.93 bits per heavy atom. The van der Waals surface area contributed by atoms with E-state index in [9.17, 15) is 4.79 Å². The fourth-order valence-corrected chi connectivity index (χ4v) is 1.79. The Balaban J connectivity index is 2.11. The van der Waals surface area contributed by atoms with Gasteiger partial charge in [0, 0.05) is 32.8 Å². The number of hydrogen-bond acceptors (Lipinski definition) is 3. The third-order valence-corrected chi connectivity index (χ3v) is 2.86. The summed E-state index contributed by atoms with van der Waals surface area (Å²) in [6.07, 6.45) is 2.99. The zero-order valence-corrected chi connectivity index (χ0v) is 9.71. The molecule has 4 heteroatoms. The van der Waals surface area contributed by atoms with Crippen molar-refractivity contribution in [2.45, 2.75) is 32.2 Å². The topological polar surface area (TPSA) is 50.4 Å². The molecule has 1 amide bonds. The molecule has 1 fully saturated rings. The lowest BCUT2D eigenvalue weighted by Crippen LogP contribution is -2.44. The van der Waals surface area contributed by atoms with Gasteiger partial charge in [-0.2, -0.15) is 0 Å². The van der Waals surface area contributed by atoms with Gasteiger partial charge in [-0.15, -0.1) is 0 Å². The fraction of sp³-hybridized carbons (Fsp3) is 0.909. The molecule has 0 radical (unpaired) electrons. The average molecular weight is 214 g/mol. The molecule has 0 aromatic rings. The summed E-state index contributed by atoms with van der Waals surface area (Å²) in [5.41, 5.74) is 0. The van der Waals surface area contributed by atoms with Crippen LogP contribution in [0.15, 0.2) is 0 Å². The van der Waals surface area contributed by atoms with Crippen LogP contribution in [0.2, 0.25) is 0 Å². The Kier molecular flexibility index (Phi) is 5.65. The van der Waals surface area contributed by atoms with E-state index in [0.717, 1.165) is 32.4 Å². The molecule has 0 aliphatic carbocycles. The standard InChI is InChI=1S/C11H22N2O2/c1-9-4-5-10(8-13-9)11(14)12-6-3-7-15-2/h9-10,13H,3-8H2,1-2H3,(H,12,14). The van der Waals surface area contributed by atoms with E-state index >= 15 is 0 Å². The van der Waals surface area contributed by atoms with Gasteiger partial charge in [0.1, 0.15) is 0 Å². The van der Waals surface area contributed by atoms with Gasteiger partial charge in [0.15, 0.2) is 0 Å². The Hall–Kier alpha value is -0.610. The second-order valence-electron chi connectivity index (χ2n) is 4.22. The maximum Gasteiger partial charge on any atom is 0.224 e. The van der Waals surface area contributed by atoms with Gasteiger partial charge >= 0.3 is 0 Å². The van der Waals surface area contributed by atoms with Crippen LogP contribution in [0.5, 0.6) is 0 Å². The Morgan fingerprint density at radius 1 is 1.53 bits per heavy atom. The molecule has 1 saturated heterocycles. The van der Waals surface area contributed by atoms with Crippen LogP contribution >= 0.6 is 0 Å². The summed E-state index contributed by atoms with van der Waals surface area (Å²) in [4.78, 5) is 11.7. The molecular weight excluding hydrogens is 192 g/mol. The summed E-state index contributed by atoms with van der Waals surface area (Å²) in [5, 5.41) is 6.27. The number of methoxy groups -OCH3 is 1. The highest BCUT2D eigenvalue weighted by atomic mass is 16.5. The second-order valence-corrected chi connectivity index (χ2v) is 4.22. The van der Waals surface area contributed by atoms with E-state index in [4.69, 9.17) is 4.74 Å². The first-order chi connectivity index (χ1) is 7.24. The van der Waals surface area contributed by atoms with Crippen LogP contribution in [0.4, 0.5) is 0 Å². The van der Waals surface area contributed by atoms with Gasteiger partial charge in [0.25, 0.3) is 0 Å². The molecule has 2 N–H and O–H groups in total. The molecule has 1 aliphatic rings. The minimum absolute atomic E-state index is 0.156. The first kappa shape index (κ1) is 12.5. The minimum atomic E-state index is 0.156. The first-order valence-corrected chi connectivity index (χ1v) is 5.74. The van der Waals surface area contributed by atoms with Gasteiger partial charge in [-0.3, -0.25) is 4.79 Å². The highest BCUT2D eigenvalue weighted by molar-refractivity contribution is 5.78. The molecule has 0 aromatic heterocycles. The lowest BCUT2D eigenvalue weighted by atomic mass is 9.95. The number of carbonyl (C=O) groups is 1. The Bertz CT molecular complexity index is 189. The molecule has 2 unspecified atom stereocenters. The van der Waals surface area contributed by atoms with Gasteiger partial charge in [0.2, 0.25) is 5.91 Å². The molecule has 0 saturated carbocycles. The summed E-state index contributed by atoms with van der Waals surface area (Å²) in [5.74, 6) is 0.342. The minimum Gasteiger partial charge on any atom is -0.385 e. The smallest absolute Gasteiger partial charge is 0.224 e. The molecule has 0 aromatic carbocycles. The number of nitrogens with one attached hydrogen (secondary N) is 2. The molecule has 15 heavy (non-hydrogen) atoms. The summed E-state index contributed by atoms with van der Waals surface area (Å²) in [6, 6.07) is 0.558. The van der Waals surface area contributed by atoms with E-state index in [1.165, 1.54) is 0 Å². The van der Waals surface area contributed by atoms with Crippen LogP contribution in [0.3, 0.4) is 0 Å².